The van der Waals surface area contributed by atoms with Gasteiger partial charge in [0.05, 0.1) is 0 Å². The van der Waals surface area contributed by atoms with E-state index in [2.05, 4.69) is 0 Å². The molecule has 74 valence electrons. The van der Waals surface area contributed by atoms with Gasteiger partial charge in [0.25, 0.3) is 0 Å². The Morgan fingerprint density at radius 3 is 2.38 bits per heavy atom. The molecule has 7 heteroatoms. The van der Waals surface area contributed by atoms with Crippen LogP contribution in [0, 0.1) is 0 Å². The van der Waals surface area contributed by atoms with Crippen molar-refractivity contribution in [3.63, 3.8) is 0 Å². The van der Waals surface area contributed by atoms with Crippen molar-refractivity contribution in [2.75, 3.05) is 13.2 Å². The molecule has 0 aromatic carbocycles. The quantitative estimate of drug-likeness (QED) is 0.597. The lowest BCUT2D eigenvalue weighted by Gasteiger charge is -2.05. The zero-order valence-corrected chi connectivity index (χ0v) is 6.34. The number of halogens is 3. The normalized spacial score (nSPS) is 21.5. The minimum atomic E-state index is -4.94. The van der Waals surface area contributed by atoms with Crippen molar-refractivity contribution >= 4 is 11.7 Å². The molecule has 0 bridgehead atoms. The molecule has 0 saturated carbocycles. The van der Waals surface area contributed by atoms with Gasteiger partial charge >= 0.3 is 12.1 Å². The average molecular weight is 197 g/mol. The molecule has 4 nitrogen and oxygen atoms in total. The number of carbonyl (C=O) groups excluding carboxylic acids is 2. The molecule has 0 radical (unpaired) electrons. The molecule has 1 aliphatic heterocycles. The molecule has 1 amide bonds. The van der Waals surface area contributed by atoms with E-state index in [1.54, 1.807) is 0 Å². The lowest BCUT2D eigenvalue weighted by atomic mass is 10.3. The topological polar surface area (TPSA) is 57.4 Å². The van der Waals surface area contributed by atoms with Crippen LogP contribution in [0.4, 0.5) is 13.2 Å². The van der Waals surface area contributed by atoms with Crippen LogP contribution < -0.4 is 0 Å². The zero-order valence-electron chi connectivity index (χ0n) is 6.34. The van der Waals surface area contributed by atoms with E-state index in [0.29, 0.717) is 4.90 Å². The summed E-state index contributed by atoms with van der Waals surface area (Å²) in [5.74, 6) is -2.79. The monoisotopic (exact) mass is 197 g/mol. The van der Waals surface area contributed by atoms with E-state index in [1.807, 2.05) is 0 Å². The van der Waals surface area contributed by atoms with Crippen LogP contribution >= 0.6 is 0 Å². The molecule has 1 N–H and O–H groups in total. The number of hydrogen-bond acceptors (Lipinski definition) is 3. The van der Waals surface area contributed by atoms with Crippen molar-refractivity contribution in [2.45, 2.75) is 12.2 Å². The van der Waals surface area contributed by atoms with Gasteiger partial charge in [-0.05, 0) is 0 Å². The highest BCUT2D eigenvalue weighted by Crippen LogP contribution is 2.27. The van der Waals surface area contributed by atoms with E-state index in [4.69, 9.17) is 5.11 Å². The molecule has 13 heavy (non-hydrogen) atoms. The standard InChI is InChI=1S/C6H6F3NO3/c7-6(8,9)5(13)10-1-3(10)4(12)2-11/h3,11H,1-2H2/t3-,10?/m0/s1. The van der Waals surface area contributed by atoms with E-state index in [-0.39, 0.29) is 6.54 Å². The van der Waals surface area contributed by atoms with Crippen LogP contribution in [-0.4, -0.2) is 47.1 Å². The van der Waals surface area contributed by atoms with Crippen LogP contribution in [0.3, 0.4) is 0 Å². The summed E-state index contributed by atoms with van der Waals surface area (Å²) in [5, 5.41) is 8.28. The van der Waals surface area contributed by atoms with Crippen molar-refractivity contribution in [1.82, 2.24) is 4.90 Å². The third-order valence-corrected chi connectivity index (χ3v) is 1.64. The van der Waals surface area contributed by atoms with Crippen molar-refractivity contribution in [2.24, 2.45) is 0 Å². The summed E-state index contributed by atoms with van der Waals surface area (Å²) in [7, 11) is 0. The van der Waals surface area contributed by atoms with Crippen LogP contribution in [-0.2, 0) is 9.59 Å². The van der Waals surface area contributed by atoms with Gasteiger partial charge < -0.3 is 10.0 Å². The molecular weight excluding hydrogens is 191 g/mol. The van der Waals surface area contributed by atoms with Crippen molar-refractivity contribution in [3.05, 3.63) is 0 Å². The number of hydrogen-bond donors (Lipinski definition) is 1. The molecule has 0 unspecified atom stereocenters. The number of amides is 1. The summed E-state index contributed by atoms with van der Waals surface area (Å²) < 4.78 is 35.1. The summed E-state index contributed by atoms with van der Waals surface area (Å²) in [4.78, 5) is 21.4. The van der Waals surface area contributed by atoms with Crippen LogP contribution in [0.2, 0.25) is 0 Å². The maximum atomic E-state index is 11.7. The maximum Gasteiger partial charge on any atom is 0.471 e. The highest BCUT2D eigenvalue weighted by molar-refractivity contribution is 5.96. The Morgan fingerprint density at radius 1 is 1.46 bits per heavy atom. The number of Topliss-reactive ketones (excluding diaryl/α,β-unsaturated/α-hetero) is 1. The van der Waals surface area contributed by atoms with E-state index < -0.39 is 30.5 Å². The number of aliphatic hydroxyl groups excluding tert-OH is 1. The smallest absolute Gasteiger partial charge is 0.388 e. The molecule has 1 atom stereocenters. The van der Waals surface area contributed by atoms with E-state index in [9.17, 15) is 22.8 Å². The third-order valence-electron chi connectivity index (χ3n) is 1.64. The fraction of sp³-hybridized carbons (Fsp3) is 0.667. The first-order valence-corrected chi connectivity index (χ1v) is 3.39. The Labute approximate surface area is 70.9 Å². The van der Waals surface area contributed by atoms with Crippen molar-refractivity contribution in [1.29, 1.82) is 0 Å². The highest BCUT2D eigenvalue weighted by Gasteiger charge is 2.53. The summed E-state index contributed by atoms with van der Waals surface area (Å²) >= 11 is 0. The van der Waals surface area contributed by atoms with Gasteiger partial charge in [0, 0.05) is 6.54 Å². The number of alkyl halides is 3. The molecule has 1 rings (SSSR count). The molecule has 1 saturated heterocycles. The van der Waals surface area contributed by atoms with Gasteiger partial charge in [-0.1, -0.05) is 0 Å². The maximum absolute atomic E-state index is 11.7. The first kappa shape index (κ1) is 9.97. The zero-order chi connectivity index (χ0) is 10.2. The second-order valence-electron chi connectivity index (χ2n) is 2.60. The van der Waals surface area contributed by atoms with E-state index in [1.165, 1.54) is 0 Å². The predicted octanol–water partition coefficient (Wildman–Crippen LogP) is -0.679. The average Bonchev–Trinajstić information content (AvgIpc) is 2.79. The van der Waals surface area contributed by atoms with Crippen LogP contribution in [0.5, 0.6) is 0 Å². The highest BCUT2D eigenvalue weighted by atomic mass is 19.4. The Kier molecular flexibility index (Phi) is 2.29. The lowest BCUT2D eigenvalue weighted by molar-refractivity contribution is -0.180. The summed E-state index contributed by atoms with van der Waals surface area (Å²) in [6.07, 6.45) is -4.94. The molecule has 1 fully saturated rings. The Hall–Kier alpha value is -1.11. The fourth-order valence-corrected chi connectivity index (χ4v) is 0.907. The number of rotatable bonds is 2. The minimum Gasteiger partial charge on any atom is -0.388 e. The van der Waals surface area contributed by atoms with Gasteiger partial charge in [0.2, 0.25) is 0 Å². The molecule has 0 aliphatic carbocycles. The SMILES string of the molecule is O=C(CO)[C@@H]1CN1C(=O)C(F)(F)F. The number of nitrogens with zero attached hydrogens (tertiary/aromatic N) is 1. The largest absolute Gasteiger partial charge is 0.471 e. The van der Waals surface area contributed by atoms with Crippen molar-refractivity contribution in [3.8, 4) is 0 Å². The van der Waals surface area contributed by atoms with E-state index >= 15 is 0 Å². The Balaban J connectivity index is 2.52. The summed E-state index contributed by atoms with van der Waals surface area (Å²) in [6, 6.07) is -1.08. The molecule has 0 aromatic heterocycles. The third kappa shape index (κ3) is 1.97. The first-order valence-electron chi connectivity index (χ1n) is 3.39. The number of aliphatic hydroxyl groups is 1. The van der Waals surface area contributed by atoms with Crippen LogP contribution in [0.25, 0.3) is 0 Å². The number of carbonyl (C=O) groups is 2. The number of ketones is 1. The molecule has 1 heterocycles. The van der Waals surface area contributed by atoms with Gasteiger partial charge in [0.15, 0.2) is 5.78 Å². The molecular formula is C6H6F3NO3. The summed E-state index contributed by atoms with van der Waals surface area (Å²) in [6.45, 7) is -1.09. The molecule has 1 aliphatic rings. The van der Waals surface area contributed by atoms with Crippen molar-refractivity contribution < 1.29 is 27.9 Å². The van der Waals surface area contributed by atoms with E-state index in [0.717, 1.165) is 0 Å². The second kappa shape index (κ2) is 2.99. The summed E-state index contributed by atoms with van der Waals surface area (Å²) in [5.41, 5.74) is 0. The van der Waals surface area contributed by atoms with Crippen LogP contribution in [0.15, 0.2) is 0 Å². The second-order valence-corrected chi connectivity index (χ2v) is 2.60. The lowest BCUT2D eigenvalue weighted by Crippen LogP contribution is -2.32. The molecule has 0 spiro atoms. The minimum absolute atomic E-state index is 0.252. The first-order chi connectivity index (χ1) is 5.88. The van der Waals surface area contributed by atoms with Gasteiger partial charge in [-0.2, -0.15) is 13.2 Å². The molecule has 0 aromatic rings. The van der Waals surface area contributed by atoms with Crippen LogP contribution in [0.1, 0.15) is 0 Å². The Bertz CT molecular complexity index is 250. The Morgan fingerprint density at radius 2 is 2.00 bits per heavy atom. The van der Waals surface area contributed by atoms with Gasteiger partial charge in [-0.25, -0.2) is 0 Å². The van der Waals surface area contributed by atoms with Gasteiger partial charge in [-0.15, -0.1) is 0 Å². The predicted molar refractivity (Wildman–Crippen MR) is 33.6 cm³/mol. The van der Waals surface area contributed by atoms with Gasteiger partial charge in [0.1, 0.15) is 12.6 Å². The fourth-order valence-electron chi connectivity index (χ4n) is 0.907. The van der Waals surface area contributed by atoms with Gasteiger partial charge in [-0.3, -0.25) is 9.59 Å².